The molecular formula is C9H17N7. The molecule has 0 aliphatic heterocycles. The summed E-state index contributed by atoms with van der Waals surface area (Å²) in [6.45, 7) is 5.08. The van der Waals surface area contributed by atoms with Crippen LogP contribution in [0.15, 0.2) is 11.3 Å². The first-order valence-electron chi connectivity index (χ1n) is 5.34. The largest absolute Gasteiger partial charge is 0.300 e. The van der Waals surface area contributed by atoms with Gasteiger partial charge < -0.3 is 4.90 Å². The van der Waals surface area contributed by atoms with Gasteiger partial charge in [-0.1, -0.05) is 10.3 Å². The monoisotopic (exact) mass is 223 g/mol. The fourth-order valence-electron chi connectivity index (χ4n) is 1.38. The molecule has 7 nitrogen and oxygen atoms in total. The van der Waals surface area contributed by atoms with Gasteiger partial charge in [0.05, 0.1) is 5.69 Å². The van der Waals surface area contributed by atoms with Crippen molar-refractivity contribution in [2.45, 2.75) is 26.4 Å². The molecule has 0 saturated heterocycles. The molecule has 0 aliphatic carbocycles. The van der Waals surface area contributed by atoms with Gasteiger partial charge in [-0.25, -0.2) is 0 Å². The zero-order valence-corrected chi connectivity index (χ0v) is 9.74. The van der Waals surface area contributed by atoms with Crippen LogP contribution in [0.25, 0.3) is 10.4 Å². The highest BCUT2D eigenvalue weighted by molar-refractivity contribution is 4.91. The van der Waals surface area contributed by atoms with Crippen LogP contribution in [0.1, 0.15) is 19.0 Å². The molecule has 0 atom stereocenters. The van der Waals surface area contributed by atoms with Gasteiger partial charge >= 0.3 is 0 Å². The Bertz CT molecular complexity index is 352. The number of azide groups is 1. The molecule has 0 amide bonds. The fourth-order valence-corrected chi connectivity index (χ4v) is 1.38. The molecule has 0 aromatic carbocycles. The van der Waals surface area contributed by atoms with Crippen molar-refractivity contribution in [2.24, 2.45) is 5.11 Å². The van der Waals surface area contributed by atoms with E-state index in [9.17, 15) is 0 Å². The van der Waals surface area contributed by atoms with Gasteiger partial charge in [-0.05, 0) is 32.5 Å². The number of aryl methyl sites for hydroxylation is 1. The summed E-state index contributed by atoms with van der Waals surface area (Å²) in [5.74, 6) is 0. The Balaban J connectivity index is 2.27. The molecule has 16 heavy (non-hydrogen) atoms. The second-order valence-electron chi connectivity index (χ2n) is 3.61. The summed E-state index contributed by atoms with van der Waals surface area (Å²) in [6.07, 6.45) is 2.81. The van der Waals surface area contributed by atoms with Crippen LogP contribution in [0.5, 0.6) is 0 Å². The van der Waals surface area contributed by atoms with Gasteiger partial charge in [-0.3, -0.25) is 4.68 Å². The minimum Gasteiger partial charge on any atom is -0.300 e. The second-order valence-corrected chi connectivity index (χ2v) is 3.61. The molecule has 0 unspecified atom stereocenters. The summed E-state index contributed by atoms with van der Waals surface area (Å²) >= 11 is 0. The highest BCUT2D eigenvalue weighted by Gasteiger charge is 2.03. The Morgan fingerprint density at radius 1 is 1.62 bits per heavy atom. The maximum Gasteiger partial charge on any atom is 0.0967 e. The molecule has 1 aromatic rings. The van der Waals surface area contributed by atoms with Crippen LogP contribution in [-0.4, -0.2) is 40.0 Å². The van der Waals surface area contributed by atoms with E-state index in [2.05, 4.69) is 25.2 Å². The predicted molar refractivity (Wildman–Crippen MR) is 60.7 cm³/mol. The third kappa shape index (κ3) is 4.29. The molecule has 0 radical (unpaired) electrons. The van der Waals surface area contributed by atoms with Crippen LogP contribution < -0.4 is 0 Å². The van der Waals surface area contributed by atoms with E-state index in [4.69, 9.17) is 5.53 Å². The van der Waals surface area contributed by atoms with Gasteiger partial charge in [0.1, 0.15) is 0 Å². The Morgan fingerprint density at radius 3 is 3.06 bits per heavy atom. The zero-order chi connectivity index (χ0) is 11.8. The number of hydrogen-bond donors (Lipinski definition) is 0. The molecule has 7 heteroatoms. The van der Waals surface area contributed by atoms with Crippen molar-refractivity contribution in [3.8, 4) is 0 Å². The SMILES string of the molecule is CCn1cc(CN(C)CCCN=[N+]=[N-])nn1. The quantitative estimate of drug-likeness (QED) is 0.303. The van der Waals surface area contributed by atoms with Gasteiger partial charge in [0.2, 0.25) is 0 Å². The van der Waals surface area contributed by atoms with Crippen LogP contribution in [0.4, 0.5) is 0 Å². The lowest BCUT2D eigenvalue weighted by atomic mass is 10.3. The van der Waals surface area contributed by atoms with E-state index in [1.807, 2.05) is 24.9 Å². The van der Waals surface area contributed by atoms with Crippen molar-refractivity contribution < 1.29 is 0 Å². The first-order chi connectivity index (χ1) is 7.76. The Morgan fingerprint density at radius 2 is 2.44 bits per heavy atom. The molecule has 0 fully saturated rings. The maximum atomic E-state index is 8.12. The summed E-state index contributed by atoms with van der Waals surface area (Å²) in [5.41, 5.74) is 9.09. The maximum absolute atomic E-state index is 8.12. The third-order valence-electron chi connectivity index (χ3n) is 2.20. The summed E-state index contributed by atoms with van der Waals surface area (Å²) in [6, 6.07) is 0. The summed E-state index contributed by atoms with van der Waals surface area (Å²) in [4.78, 5) is 4.85. The van der Waals surface area contributed by atoms with E-state index in [-0.39, 0.29) is 0 Å². The average molecular weight is 223 g/mol. The fraction of sp³-hybridized carbons (Fsp3) is 0.778. The van der Waals surface area contributed by atoms with E-state index in [1.165, 1.54) is 0 Å². The van der Waals surface area contributed by atoms with Crippen LogP contribution in [0, 0.1) is 0 Å². The lowest BCUT2D eigenvalue weighted by Crippen LogP contribution is -2.19. The van der Waals surface area contributed by atoms with Gasteiger partial charge in [0, 0.05) is 30.7 Å². The Kier molecular flexibility index (Phi) is 5.31. The van der Waals surface area contributed by atoms with Crippen LogP contribution in [-0.2, 0) is 13.1 Å². The van der Waals surface area contributed by atoms with Gasteiger partial charge in [0.25, 0.3) is 0 Å². The van der Waals surface area contributed by atoms with E-state index in [0.29, 0.717) is 6.54 Å². The first kappa shape index (κ1) is 12.5. The molecule has 0 saturated carbocycles. The van der Waals surface area contributed by atoms with Crippen molar-refractivity contribution in [3.63, 3.8) is 0 Å². The van der Waals surface area contributed by atoms with Crippen molar-refractivity contribution in [2.75, 3.05) is 20.1 Å². The van der Waals surface area contributed by atoms with Crippen LogP contribution >= 0.6 is 0 Å². The van der Waals surface area contributed by atoms with E-state index in [0.717, 1.165) is 31.7 Å². The first-order valence-corrected chi connectivity index (χ1v) is 5.34. The van der Waals surface area contributed by atoms with E-state index < -0.39 is 0 Å². The Labute approximate surface area is 94.7 Å². The van der Waals surface area contributed by atoms with Crippen molar-refractivity contribution in [1.82, 2.24) is 19.9 Å². The van der Waals surface area contributed by atoms with Gasteiger partial charge in [-0.15, -0.1) is 5.10 Å². The van der Waals surface area contributed by atoms with Gasteiger partial charge in [0.15, 0.2) is 0 Å². The highest BCUT2D eigenvalue weighted by Crippen LogP contribution is 1.99. The summed E-state index contributed by atoms with van der Waals surface area (Å²) < 4.78 is 1.81. The molecular weight excluding hydrogens is 206 g/mol. The number of aromatic nitrogens is 3. The normalized spacial score (nSPS) is 10.4. The van der Waals surface area contributed by atoms with Crippen molar-refractivity contribution in [3.05, 3.63) is 22.3 Å². The predicted octanol–water partition coefficient (Wildman–Crippen LogP) is 1.43. The number of hydrogen-bond acceptors (Lipinski definition) is 4. The number of rotatable bonds is 7. The van der Waals surface area contributed by atoms with Crippen LogP contribution in [0.3, 0.4) is 0 Å². The smallest absolute Gasteiger partial charge is 0.0967 e. The average Bonchev–Trinajstić information content (AvgIpc) is 2.72. The molecule has 1 aromatic heterocycles. The topological polar surface area (TPSA) is 82.7 Å². The molecule has 1 heterocycles. The lowest BCUT2D eigenvalue weighted by molar-refractivity contribution is 0.320. The lowest BCUT2D eigenvalue weighted by Gasteiger charge is -2.13. The molecule has 0 aliphatic rings. The number of nitrogens with zero attached hydrogens (tertiary/aromatic N) is 7. The molecule has 0 N–H and O–H groups in total. The highest BCUT2D eigenvalue weighted by atomic mass is 15.4. The van der Waals surface area contributed by atoms with Crippen molar-refractivity contribution in [1.29, 1.82) is 0 Å². The second kappa shape index (κ2) is 6.81. The summed E-state index contributed by atoms with van der Waals surface area (Å²) in [7, 11) is 2.01. The molecule has 0 spiro atoms. The zero-order valence-electron chi connectivity index (χ0n) is 9.74. The minimum atomic E-state index is 0.544. The van der Waals surface area contributed by atoms with Crippen molar-refractivity contribution >= 4 is 0 Å². The summed E-state index contributed by atoms with van der Waals surface area (Å²) in [5, 5.41) is 11.5. The van der Waals surface area contributed by atoms with Gasteiger partial charge in [-0.2, -0.15) is 0 Å². The molecule has 88 valence electrons. The third-order valence-corrected chi connectivity index (χ3v) is 2.20. The van der Waals surface area contributed by atoms with Crippen LogP contribution in [0.2, 0.25) is 0 Å². The molecule has 1 rings (SSSR count). The minimum absolute atomic E-state index is 0.544. The standard InChI is InChI=1S/C9H17N7/c1-3-16-8-9(12-14-16)7-15(2)6-4-5-11-13-10/h8H,3-7H2,1-2H3. The Hall–Kier alpha value is -1.59. The molecule has 0 bridgehead atoms. The van der Waals surface area contributed by atoms with E-state index >= 15 is 0 Å². The van der Waals surface area contributed by atoms with E-state index in [1.54, 1.807) is 0 Å².